The molecule has 0 spiro atoms. The Morgan fingerprint density at radius 3 is 2.62 bits per heavy atom. The van der Waals surface area contributed by atoms with Crippen LogP contribution in [0.2, 0.25) is 0 Å². The number of aliphatic hydroxyl groups is 1. The normalized spacial score (nSPS) is 11.4. The zero-order valence-corrected chi connectivity index (χ0v) is 13.6. The second-order valence-electron chi connectivity index (χ2n) is 5.72. The van der Waals surface area contributed by atoms with E-state index in [-0.39, 0.29) is 18.4 Å². The Hall–Kier alpha value is -2.84. The van der Waals surface area contributed by atoms with Crippen LogP contribution in [0.5, 0.6) is 0 Å². The number of benzene rings is 2. The summed E-state index contributed by atoms with van der Waals surface area (Å²) < 4.78 is 0. The van der Waals surface area contributed by atoms with Crippen molar-refractivity contribution < 1.29 is 9.90 Å². The van der Waals surface area contributed by atoms with Gasteiger partial charge in [-0.1, -0.05) is 13.0 Å². The molecule has 124 valence electrons. The van der Waals surface area contributed by atoms with Crippen LogP contribution in [0.4, 0.5) is 11.4 Å². The van der Waals surface area contributed by atoms with Crippen molar-refractivity contribution >= 4 is 17.3 Å². The third kappa shape index (κ3) is 5.11. The predicted molar refractivity (Wildman–Crippen MR) is 94.1 cm³/mol. The molecule has 2 rings (SSSR count). The first kappa shape index (κ1) is 17.5. The second-order valence-corrected chi connectivity index (χ2v) is 5.72. The van der Waals surface area contributed by atoms with Crippen molar-refractivity contribution in [3.63, 3.8) is 0 Å². The predicted octanol–water partition coefficient (Wildman–Crippen LogP) is 3.05. The van der Waals surface area contributed by atoms with E-state index < -0.39 is 0 Å². The Morgan fingerprint density at radius 1 is 1.21 bits per heavy atom. The van der Waals surface area contributed by atoms with Gasteiger partial charge in [-0.05, 0) is 54.8 Å². The van der Waals surface area contributed by atoms with Crippen molar-refractivity contribution in [3.8, 4) is 6.07 Å². The lowest BCUT2D eigenvalue weighted by Gasteiger charge is -2.12. The molecule has 0 aliphatic carbocycles. The Kier molecular flexibility index (Phi) is 6.35. The summed E-state index contributed by atoms with van der Waals surface area (Å²) in [4.78, 5) is 12.2. The summed E-state index contributed by atoms with van der Waals surface area (Å²) in [6, 6.07) is 16.4. The van der Waals surface area contributed by atoms with Crippen molar-refractivity contribution in [3.05, 3.63) is 59.7 Å². The van der Waals surface area contributed by atoms with Crippen LogP contribution >= 0.6 is 0 Å². The van der Waals surface area contributed by atoms with E-state index in [1.807, 2.05) is 31.2 Å². The van der Waals surface area contributed by atoms with Crippen LogP contribution in [0.25, 0.3) is 0 Å². The monoisotopic (exact) mass is 323 g/mol. The first-order valence-electron chi connectivity index (χ1n) is 7.88. The van der Waals surface area contributed by atoms with Crippen LogP contribution < -0.4 is 10.6 Å². The number of nitrogens with zero attached hydrogens (tertiary/aromatic N) is 1. The molecule has 0 saturated heterocycles. The molecule has 0 aromatic heterocycles. The standard InChI is InChI=1S/C19H21N3O2/c1-14(9-10-23)13-21-19(24)16-3-2-4-18(11-16)22-17-7-5-15(12-20)6-8-17/h2-8,11,14,22-23H,9-10,13H2,1H3,(H,21,24). The molecular weight excluding hydrogens is 302 g/mol. The van der Waals surface area contributed by atoms with Crippen molar-refractivity contribution in [2.75, 3.05) is 18.5 Å². The molecule has 5 heteroatoms. The van der Waals surface area contributed by atoms with Gasteiger partial charge in [-0.3, -0.25) is 4.79 Å². The molecule has 5 nitrogen and oxygen atoms in total. The highest BCUT2D eigenvalue weighted by Gasteiger charge is 2.08. The Bertz CT molecular complexity index is 720. The number of carbonyl (C=O) groups is 1. The minimum absolute atomic E-state index is 0.126. The van der Waals surface area contributed by atoms with E-state index in [1.165, 1.54) is 0 Å². The quantitative estimate of drug-likeness (QED) is 0.731. The number of aliphatic hydroxyl groups excluding tert-OH is 1. The number of hydrogen-bond donors (Lipinski definition) is 3. The van der Waals surface area contributed by atoms with Crippen LogP contribution in [0.3, 0.4) is 0 Å². The summed E-state index contributed by atoms with van der Waals surface area (Å²) in [5, 5.41) is 23.8. The molecule has 0 aliphatic rings. The summed E-state index contributed by atoms with van der Waals surface area (Å²) in [7, 11) is 0. The molecule has 3 N–H and O–H groups in total. The second kappa shape index (κ2) is 8.70. The van der Waals surface area contributed by atoms with Crippen LogP contribution in [0.15, 0.2) is 48.5 Å². The summed E-state index contributed by atoms with van der Waals surface area (Å²) in [5.74, 6) is 0.0992. The third-order valence-electron chi connectivity index (χ3n) is 3.66. The average molecular weight is 323 g/mol. The van der Waals surface area contributed by atoms with Gasteiger partial charge in [0.1, 0.15) is 0 Å². The molecule has 24 heavy (non-hydrogen) atoms. The highest BCUT2D eigenvalue weighted by molar-refractivity contribution is 5.95. The lowest BCUT2D eigenvalue weighted by Crippen LogP contribution is -2.28. The van der Waals surface area contributed by atoms with Crippen molar-refractivity contribution in [2.45, 2.75) is 13.3 Å². The van der Waals surface area contributed by atoms with Gasteiger partial charge in [-0.15, -0.1) is 0 Å². The van der Waals surface area contributed by atoms with Gasteiger partial charge >= 0.3 is 0 Å². The smallest absolute Gasteiger partial charge is 0.251 e. The largest absolute Gasteiger partial charge is 0.396 e. The maximum Gasteiger partial charge on any atom is 0.251 e. The van der Waals surface area contributed by atoms with E-state index in [1.54, 1.807) is 24.3 Å². The van der Waals surface area contributed by atoms with Gasteiger partial charge in [0.15, 0.2) is 0 Å². The highest BCUT2D eigenvalue weighted by atomic mass is 16.3. The summed E-state index contributed by atoms with van der Waals surface area (Å²) in [6.45, 7) is 2.65. The Balaban J connectivity index is 2.00. The lowest BCUT2D eigenvalue weighted by atomic mass is 10.1. The minimum atomic E-state index is -0.136. The van der Waals surface area contributed by atoms with E-state index >= 15 is 0 Å². The Labute approximate surface area is 141 Å². The van der Waals surface area contributed by atoms with Gasteiger partial charge in [0, 0.05) is 30.1 Å². The molecule has 0 saturated carbocycles. The maximum absolute atomic E-state index is 12.2. The number of carbonyl (C=O) groups excluding carboxylic acids is 1. The fourth-order valence-electron chi connectivity index (χ4n) is 2.22. The zero-order chi connectivity index (χ0) is 17.4. The van der Waals surface area contributed by atoms with Gasteiger partial charge < -0.3 is 15.7 Å². The molecule has 1 amide bonds. The number of nitrogens with one attached hydrogen (secondary N) is 2. The highest BCUT2D eigenvalue weighted by Crippen LogP contribution is 2.18. The van der Waals surface area contributed by atoms with Gasteiger partial charge in [0.25, 0.3) is 5.91 Å². The van der Waals surface area contributed by atoms with Crippen LogP contribution in [0, 0.1) is 17.2 Å². The molecule has 0 bridgehead atoms. The van der Waals surface area contributed by atoms with Crippen molar-refractivity contribution in [2.24, 2.45) is 5.92 Å². The van der Waals surface area contributed by atoms with Crippen LogP contribution in [-0.2, 0) is 0 Å². The van der Waals surface area contributed by atoms with E-state index in [4.69, 9.17) is 10.4 Å². The van der Waals surface area contributed by atoms with Gasteiger partial charge in [0.05, 0.1) is 11.6 Å². The summed E-state index contributed by atoms with van der Waals surface area (Å²) in [6.07, 6.45) is 0.667. The van der Waals surface area contributed by atoms with E-state index in [0.717, 1.165) is 11.4 Å². The first-order chi connectivity index (χ1) is 11.6. The molecule has 1 atom stereocenters. The molecule has 0 heterocycles. The lowest BCUT2D eigenvalue weighted by molar-refractivity contribution is 0.0945. The van der Waals surface area contributed by atoms with Crippen LogP contribution in [0.1, 0.15) is 29.3 Å². The topological polar surface area (TPSA) is 85.2 Å². The number of anilines is 2. The van der Waals surface area contributed by atoms with E-state index in [0.29, 0.717) is 24.1 Å². The number of hydrogen-bond acceptors (Lipinski definition) is 4. The molecule has 2 aromatic carbocycles. The zero-order valence-electron chi connectivity index (χ0n) is 13.6. The first-order valence-corrected chi connectivity index (χ1v) is 7.88. The number of rotatable bonds is 7. The molecular formula is C19H21N3O2. The number of amides is 1. The van der Waals surface area contributed by atoms with Crippen molar-refractivity contribution in [1.29, 1.82) is 5.26 Å². The van der Waals surface area contributed by atoms with Crippen LogP contribution in [-0.4, -0.2) is 24.2 Å². The minimum Gasteiger partial charge on any atom is -0.396 e. The van der Waals surface area contributed by atoms with Gasteiger partial charge in [-0.25, -0.2) is 0 Å². The van der Waals surface area contributed by atoms with E-state index in [9.17, 15) is 4.79 Å². The molecule has 0 fully saturated rings. The van der Waals surface area contributed by atoms with E-state index in [2.05, 4.69) is 16.7 Å². The fourth-order valence-corrected chi connectivity index (χ4v) is 2.22. The molecule has 1 unspecified atom stereocenters. The third-order valence-corrected chi connectivity index (χ3v) is 3.66. The SMILES string of the molecule is CC(CCO)CNC(=O)c1cccc(Nc2ccc(C#N)cc2)c1. The summed E-state index contributed by atoms with van der Waals surface area (Å²) >= 11 is 0. The van der Waals surface area contributed by atoms with Crippen molar-refractivity contribution in [1.82, 2.24) is 5.32 Å². The van der Waals surface area contributed by atoms with Gasteiger partial charge in [-0.2, -0.15) is 5.26 Å². The molecule has 0 aliphatic heterocycles. The summed E-state index contributed by atoms with van der Waals surface area (Å²) in [5.41, 5.74) is 2.83. The maximum atomic E-state index is 12.2. The molecule has 0 radical (unpaired) electrons. The fraction of sp³-hybridized carbons (Fsp3) is 0.263. The average Bonchev–Trinajstić information content (AvgIpc) is 2.61. The Morgan fingerprint density at radius 2 is 1.96 bits per heavy atom. The molecule has 2 aromatic rings. The van der Waals surface area contributed by atoms with Gasteiger partial charge in [0.2, 0.25) is 0 Å². The number of nitriles is 1.